The summed E-state index contributed by atoms with van der Waals surface area (Å²) >= 11 is 0. The average molecular weight is 1800 g/mol. The van der Waals surface area contributed by atoms with Crippen LogP contribution in [0.4, 0.5) is 8.78 Å². The first-order valence-electron chi connectivity index (χ1n) is 43.2. The summed E-state index contributed by atoms with van der Waals surface area (Å²) in [6.07, 6.45) is 19.1. The Labute approximate surface area is 784 Å². The smallest absolute Gasteiger partial charge is 0.252 e. The van der Waals surface area contributed by atoms with E-state index >= 15 is 0 Å². The number of nitrogens with zero attached hydrogens (tertiary/aromatic N) is 21. The van der Waals surface area contributed by atoms with Gasteiger partial charge in [-0.15, -0.1) is 0 Å². The molecule has 136 heavy (non-hydrogen) atoms. The Morgan fingerprint density at radius 1 is 0.331 bits per heavy atom. The van der Waals surface area contributed by atoms with Crippen LogP contribution in [0.1, 0.15) is 77.8 Å². The van der Waals surface area contributed by atoms with E-state index in [1.165, 1.54) is 61.5 Å². The Hall–Kier alpha value is -18.3. The van der Waals surface area contributed by atoms with Crippen molar-refractivity contribution in [3.05, 3.63) is 465 Å². The highest BCUT2D eigenvalue weighted by molar-refractivity contribution is 5.89. The van der Waals surface area contributed by atoms with E-state index in [1.807, 2.05) is 196 Å². The number of benzene rings is 14. The van der Waals surface area contributed by atoms with Gasteiger partial charge < -0.3 is 24.9 Å². The lowest BCUT2D eigenvalue weighted by Gasteiger charge is -2.19. The molecular formula is C109H91F2N21O4. The molecule has 6 aromatic heterocycles. The van der Waals surface area contributed by atoms with Crippen molar-refractivity contribution in [3.8, 4) is 108 Å². The minimum absolute atomic E-state index is 0.220. The van der Waals surface area contributed by atoms with Crippen LogP contribution in [0.3, 0.4) is 0 Å². The van der Waals surface area contributed by atoms with Crippen LogP contribution in [-0.4, -0.2) is 104 Å². The molecular weight excluding hydrogens is 1710 g/mol. The second-order valence-corrected chi connectivity index (χ2v) is 32.7. The Bertz CT molecular complexity index is 7390. The first-order chi connectivity index (χ1) is 66.2. The van der Waals surface area contributed by atoms with Crippen LogP contribution >= 0.6 is 0 Å². The van der Waals surface area contributed by atoms with Crippen molar-refractivity contribution in [3.63, 3.8) is 0 Å². The van der Waals surface area contributed by atoms with Gasteiger partial charge in [0.2, 0.25) is 0 Å². The van der Waals surface area contributed by atoms with Gasteiger partial charge in [-0.2, -0.15) is 41.1 Å². The van der Waals surface area contributed by atoms with Gasteiger partial charge in [0, 0.05) is 25.0 Å². The predicted octanol–water partition coefficient (Wildman–Crippen LogP) is 22.1. The fourth-order valence-electron chi connectivity index (χ4n) is 14.7. The second-order valence-electron chi connectivity index (χ2n) is 32.7. The molecule has 20 aromatic rings. The largest absolute Gasteiger partial charge is 0.508 e. The number of aromatic hydroxyl groups is 3. The number of phenols is 3. The van der Waals surface area contributed by atoms with E-state index < -0.39 is 11.0 Å². The van der Waals surface area contributed by atoms with Crippen molar-refractivity contribution in [2.45, 2.75) is 77.9 Å². The summed E-state index contributed by atoms with van der Waals surface area (Å²) in [5, 5.41) is 74.0. The molecule has 0 atom stereocenters. The highest BCUT2D eigenvalue weighted by Crippen LogP contribution is 2.38. The number of ether oxygens (including phenoxy) is 1. The molecule has 14 aromatic carbocycles. The summed E-state index contributed by atoms with van der Waals surface area (Å²) in [6, 6.07) is 104. The van der Waals surface area contributed by atoms with Crippen LogP contribution < -0.4 is 4.74 Å². The predicted molar refractivity (Wildman–Crippen MR) is 518 cm³/mol. The van der Waals surface area contributed by atoms with Crippen molar-refractivity contribution >= 4 is 10.8 Å². The molecule has 0 spiro atoms. The van der Waals surface area contributed by atoms with Gasteiger partial charge in [0.25, 0.3) is 5.54 Å². The number of nitriles is 2. The second kappa shape index (κ2) is 44.3. The third kappa shape index (κ3) is 25.6. The zero-order valence-corrected chi connectivity index (χ0v) is 74.6. The molecule has 0 bridgehead atoms. The van der Waals surface area contributed by atoms with Crippen LogP contribution in [0, 0.1) is 40.9 Å². The molecule has 3 N–H and O–H groups in total. The summed E-state index contributed by atoms with van der Waals surface area (Å²) in [5.74, 6) is 1.96. The van der Waals surface area contributed by atoms with Crippen LogP contribution in [0.5, 0.6) is 28.7 Å². The molecule has 6 heterocycles. The van der Waals surface area contributed by atoms with E-state index in [0.29, 0.717) is 44.8 Å². The zero-order chi connectivity index (χ0) is 94.6. The molecule has 0 fully saturated rings. The van der Waals surface area contributed by atoms with Crippen LogP contribution in [-0.2, 0) is 50.2 Å². The lowest BCUT2D eigenvalue weighted by molar-refractivity contribution is 0.475. The molecule has 0 radical (unpaired) electrons. The summed E-state index contributed by atoms with van der Waals surface area (Å²) < 4.78 is 42.7. The molecule has 0 unspecified atom stereocenters. The first kappa shape index (κ1) is 92.4. The first-order valence-corrected chi connectivity index (χ1v) is 43.2. The molecule has 27 heteroatoms. The fourth-order valence-corrected chi connectivity index (χ4v) is 14.7. The van der Waals surface area contributed by atoms with Crippen LogP contribution in [0.15, 0.2) is 391 Å². The van der Waals surface area contributed by atoms with E-state index in [4.69, 9.17) is 11.3 Å². The van der Waals surface area contributed by atoms with E-state index in [1.54, 1.807) is 128 Å². The molecule has 20 rings (SSSR count). The van der Waals surface area contributed by atoms with Gasteiger partial charge in [0.1, 0.15) is 116 Å². The lowest BCUT2D eigenvalue weighted by Crippen LogP contribution is -2.15. The highest BCUT2D eigenvalue weighted by Gasteiger charge is 2.28. The maximum Gasteiger partial charge on any atom is 0.252 e. The number of para-hydroxylation sites is 2. The Morgan fingerprint density at radius 3 is 1.24 bits per heavy atom. The number of hydrogen-bond acceptors (Lipinski definition) is 18. The minimum Gasteiger partial charge on any atom is -0.508 e. The molecule has 0 amide bonds. The van der Waals surface area contributed by atoms with Gasteiger partial charge in [-0.25, -0.2) is 73.3 Å². The van der Waals surface area contributed by atoms with Gasteiger partial charge in [-0.1, -0.05) is 176 Å². The number of fused-ring (bicyclic) bond motifs is 1. The average Bonchev–Trinajstić information content (AvgIpc) is 1.43. The van der Waals surface area contributed by atoms with Gasteiger partial charge >= 0.3 is 0 Å². The minimum atomic E-state index is -0.615. The Kier molecular flexibility index (Phi) is 30.1. The highest BCUT2D eigenvalue weighted by atomic mass is 19.1. The SMILES string of the molecule is CC(C)(C#N)c1cc(Cn2cncn2)cc(-c2ccc(O)cc2)c1.Fc1ccc(-c2cccc(Cn3cncn3)c2)cc1.Fc1cccc(-c2cccc(Cn3cncn3)c2)c1.N#Cc1ccc(-c2ccc(O)cc2)cc1Cn1cncn1.[C-]#[N+]C(C)(C)c1cc(Cn2cncn2)cc(-c2ccc3cc(O)ccc3c2)c1.c1ccc(Oc2ccccc2-c2ccc(Cn3cncn3)cc2)cc1. The Morgan fingerprint density at radius 2 is 0.728 bits per heavy atom. The zero-order valence-electron chi connectivity index (χ0n) is 74.6. The van der Waals surface area contributed by atoms with E-state index in [0.717, 1.165) is 128 Å². The van der Waals surface area contributed by atoms with E-state index in [-0.39, 0.29) is 28.9 Å². The normalized spacial score (nSPS) is 10.8. The van der Waals surface area contributed by atoms with Crippen molar-refractivity contribution < 1.29 is 28.8 Å². The van der Waals surface area contributed by atoms with Crippen LogP contribution in [0.25, 0.3) is 82.4 Å². The van der Waals surface area contributed by atoms with Crippen molar-refractivity contribution in [1.82, 2.24) is 88.6 Å². The van der Waals surface area contributed by atoms with Gasteiger partial charge in [0.15, 0.2) is 0 Å². The summed E-state index contributed by atoms with van der Waals surface area (Å²) in [5.41, 5.74) is 20.0. The molecule has 0 aliphatic rings. The maximum absolute atomic E-state index is 13.2. The summed E-state index contributed by atoms with van der Waals surface area (Å²) in [6.45, 7) is 19.0. The van der Waals surface area contributed by atoms with Crippen molar-refractivity contribution in [1.29, 1.82) is 10.5 Å². The number of phenolic OH excluding ortho intramolecular Hbond substituents is 3. The topological polar surface area (TPSA) is 306 Å². The molecule has 25 nitrogen and oxygen atoms in total. The fraction of sp³-hybridized carbons (Fsp3) is 0.110. The van der Waals surface area contributed by atoms with Gasteiger partial charge in [0.05, 0.1) is 62.4 Å². The molecule has 0 aliphatic heterocycles. The molecule has 670 valence electrons. The third-order valence-electron chi connectivity index (χ3n) is 21.9. The number of aromatic nitrogens is 18. The molecule has 0 saturated carbocycles. The lowest BCUT2D eigenvalue weighted by atomic mass is 9.83. The van der Waals surface area contributed by atoms with Crippen molar-refractivity contribution in [2.24, 2.45) is 0 Å². The monoisotopic (exact) mass is 1800 g/mol. The summed E-state index contributed by atoms with van der Waals surface area (Å²) in [4.78, 5) is 27.5. The molecule has 0 saturated heterocycles. The van der Waals surface area contributed by atoms with E-state index in [2.05, 4.69) is 144 Å². The standard InChI is InChI=1S/C23H20N4O.C21H17N3O.C19H18N4O.C16H12N4O.2C15H12FN3/c1-23(2,24-3)21-9-16(13-27-15-25-14-26-27)8-20(11-21)18-4-5-19-12-22(28)7-6-17(19)10-18;1-2-6-19(7-3-1)25-21-9-5-4-8-20(21)18-12-10-17(11-13-18)14-24-16-22-15-23-24;1-19(2,11-20)17-8-14(10-23-13-21-12-22-23)7-16(9-17)15-3-5-18(24)6-4-15;17-8-14-2-1-13(12-3-5-16(21)6-4-12)7-15(14)9-20-11-18-10-19-20;16-15-6-2-5-14(8-15)13-4-1-3-12(7-13)9-19-11-17-10-18-19;16-15-6-4-13(5-7-15)14-3-1-2-12(8-14)9-19-11-17-10-18-19/h4-12,14-15,28H,13H2,1-2H3;1-13,15-16H,14H2;3-9,12-13,24H,10H2,1-2H3;1-7,10-11,21H,9H2;2*1-8,10-11H,9H2. The quantitative estimate of drug-likeness (QED) is 0.0531. The van der Waals surface area contributed by atoms with Gasteiger partial charge in [-0.05, 0) is 264 Å². The summed E-state index contributed by atoms with van der Waals surface area (Å²) in [7, 11) is 0. The number of hydrogen-bond donors (Lipinski definition) is 3. The van der Waals surface area contributed by atoms with Gasteiger partial charge in [-0.3, -0.25) is 0 Å². The van der Waals surface area contributed by atoms with Crippen LogP contribution in [0.2, 0.25) is 0 Å². The Balaban J connectivity index is 0.000000125. The van der Waals surface area contributed by atoms with Crippen molar-refractivity contribution in [2.75, 3.05) is 0 Å². The molecule has 0 aliphatic carbocycles. The maximum atomic E-state index is 13.2. The van der Waals surface area contributed by atoms with E-state index in [9.17, 15) is 34.6 Å². The number of halogens is 2. The third-order valence-corrected chi connectivity index (χ3v) is 21.9. The number of rotatable bonds is 22.